The summed E-state index contributed by atoms with van der Waals surface area (Å²) in [5.41, 5.74) is -0.479. The van der Waals surface area contributed by atoms with Gasteiger partial charge in [0.1, 0.15) is 0 Å². The zero-order chi connectivity index (χ0) is 17.7. The number of hydrogen-bond acceptors (Lipinski definition) is 2. The summed E-state index contributed by atoms with van der Waals surface area (Å²) in [4.78, 5) is 11.8. The molecule has 7 heteroatoms. The predicted octanol–water partition coefficient (Wildman–Crippen LogP) is 4.10. The van der Waals surface area contributed by atoms with Gasteiger partial charge < -0.3 is 10.1 Å². The molecule has 128 valence electrons. The highest BCUT2D eigenvalue weighted by Crippen LogP contribution is 2.30. The van der Waals surface area contributed by atoms with Gasteiger partial charge in [-0.3, -0.25) is 4.79 Å². The van der Waals surface area contributed by atoms with Crippen molar-refractivity contribution in [3.8, 4) is 5.75 Å². The number of halogens is 4. The first-order valence-corrected chi connectivity index (χ1v) is 7.11. The van der Waals surface area contributed by atoms with Crippen molar-refractivity contribution < 1.29 is 27.1 Å². The summed E-state index contributed by atoms with van der Waals surface area (Å²) in [6.45, 7) is 1.11. The molecule has 24 heavy (non-hydrogen) atoms. The molecule has 2 rings (SSSR count). The number of ether oxygens (including phenoxy) is 1. The first-order valence-electron chi connectivity index (χ1n) is 7.11. The van der Waals surface area contributed by atoms with Crippen molar-refractivity contribution in [2.45, 2.75) is 19.1 Å². The fraction of sp³-hybridized carbons (Fsp3) is 0.235. The van der Waals surface area contributed by atoms with Crippen LogP contribution in [0.2, 0.25) is 0 Å². The van der Waals surface area contributed by atoms with Gasteiger partial charge in [-0.25, -0.2) is 4.39 Å². The fourth-order valence-electron chi connectivity index (χ4n) is 2.06. The minimum atomic E-state index is -4.45. The zero-order valence-electron chi connectivity index (χ0n) is 12.7. The van der Waals surface area contributed by atoms with Gasteiger partial charge in [-0.2, -0.15) is 13.2 Å². The Bertz CT molecular complexity index is 716. The summed E-state index contributed by atoms with van der Waals surface area (Å²) >= 11 is 0. The molecule has 1 unspecified atom stereocenters. The number of para-hydroxylation sites is 1. The number of carbonyl (C=O) groups excluding carboxylic acids is 1. The molecule has 0 radical (unpaired) electrons. The zero-order valence-corrected chi connectivity index (χ0v) is 12.7. The third-order valence-corrected chi connectivity index (χ3v) is 3.29. The van der Waals surface area contributed by atoms with Crippen LogP contribution in [-0.4, -0.2) is 12.5 Å². The SMILES string of the molecule is CC(NC(=O)COc1ccccc1F)c1cccc(C(F)(F)F)c1. The van der Waals surface area contributed by atoms with E-state index >= 15 is 0 Å². The van der Waals surface area contributed by atoms with E-state index in [0.29, 0.717) is 5.56 Å². The van der Waals surface area contributed by atoms with E-state index in [2.05, 4.69) is 5.32 Å². The molecule has 0 saturated carbocycles. The van der Waals surface area contributed by atoms with Crippen molar-refractivity contribution >= 4 is 5.91 Å². The summed E-state index contributed by atoms with van der Waals surface area (Å²) in [6, 6.07) is 9.65. The van der Waals surface area contributed by atoms with E-state index < -0.39 is 36.1 Å². The molecule has 0 aliphatic rings. The van der Waals surface area contributed by atoms with Gasteiger partial charge in [0.05, 0.1) is 11.6 Å². The van der Waals surface area contributed by atoms with Gasteiger partial charge in [-0.05, 0) is 36.8 Å². The van der Waals surface area contributed by atoms with Crippen LogP contribution in [0.1, 0.15) is 24.1 Å². The van der Waals surface area contributed by atoms with E-state index in [1.165, 1.54) is 30.3 Å². The topological polar surface area (TPSA) is 38.3 Å². The van der Waals surface area contributed by atoms with Crippen LogP contribution >= 0.6 is 0 Å². The van der Waals surface area contributed by atoms with Crippen LogP contribution in [-0.2, 0) is 11.0 Å². The van der Waals surface area contributed by atoms with Gasteiger partial charge in [0.25, 0.3) is 5.91 Å². The van der Waals surface area contributed by atoms with Crippen molar-refractivity contribution in [3.05, 3.63) is 65.5 Å². The Labute approximate surface area is 136 Å². The van der Waals surface area contributed by atoms with E-state index in [1.807, 2.05) is 0 Å². The lowest BCUT2D eigenvalue weighted by Gasteiger charge is -2.16. The van der Waals surface area contributed by atoms with Gasteiger partial charge in [0, 0.05) is 0 Å². The van der Waals surface area contributed by atoms with Crippen LogP contribution in [0.25, 0.3) is 0 Å². The molecule has 0 spiro atoms. The Hall–Kier alpha value is -2.57. The van der Waals surface area contributed by atoms with Gasteiger partial charge in [0.2, 0.25) is 0 Å². The second-order valence-electron chi connectivity index (χ2n) is 5.13. The average molecular weight is 341 g/mol. The molecular formula is C17H15F4NO2. The maximum atomic E-state index is 13.4. The van der Waals surface area contributed by atoms with E-state index in [0.717, 1.165) is 12.1 Å². The van der Waals surface area contributed by atoms with Crippen LogP contribution in [0.3, 0.4) is 0 Å². The first-order chi connectivity index (χ1) is 11.3. The highest BCUT2D eigenvalue weighted by atomic mass is 19.4. The highest BCUT2D eigenvalue weighted by molar-refractivity contribution is 5.78. The predicted molar refractivity (Wildman–Crippen MR) is 79.9 cm³/mol. The molecule has 2 aromatic carbocycles. The molecule has 0 aliphatic heterocycles. The Kier molecular flexibility index (Phi) is 5.43. The molecule has 0 aliphatic carbocycles. The monoisotopic (exact) mass is 341 g/mol. The second-order valence-corrected chi connectivity index (χ2v) is 5.13. The van der Waals surface area contributed by atoms with Gasteiger partial charge >= 0.3 is 6.18 Å². The maximum Gasteiger partial charge on any atom is 0.416 e. The largest absolute Gasteiger partial charge is 0.481 e. The number of hydrogen-bond donors (Lipinski definition) is 1. The Morgan fingerprint density at radius 1 is 1.17 bits per heavy atom. The molecule has 0 aromatic heterocycles. The van der Waals surface area contributed by atoms with Crippen molar-refractivity contribution in [3.63, 3.8) is 0 Å². The van der Waals surface area contributed by atoms with Crippen LogP contribution in [0.4, 0.5) is 17.6 Å². The second kappa shape index (κ2) is 7.33. The minimum absolute atomic E-state index is 0.0700. The Morgan fingerprint density at radius 2 is 1.88 bits per heavy atom. The molecule has 0 fully saturated rings. The minimum Gasteiger partial charge on any atom is -0.481 e. The molecule has 3 nitrogen and oxygen atoms in total. The standard InChI is InChI=1S/C17H15F4NO2/c1-11(12-5-4-6-13(9-12)17(19,20)21)22-16(23)10-24-15-8-3-2-7-14(15)18/h2-9,11H,10H2,1H3,(H,22,23). The summed E-state index contributed by atoms with van der Waals surface area (Å²) in [7, 11) is 0. The van der Waals surface area contributed by atoms with E-state index in [4.69, 9.17) is 4.74 Å². The summed E-state index contributed by atoms with van der Waals surface area (Å²) in [5.74, 6) is -1.24. The summed E-state index contributed by atoms with van der Waals surface area (Å²) in [5, 5.41) is 2.51. The number of benzene rings is 2. The lowest BCUT2D eigenvalue weighted by molar-refractivity contribution is -0.137. The molecule has 2 aromatic rings. The lowest BCUT2D eigenvalue weighted by Crippen LogP contribution is -2.31. The van der Waals surface area contributed by atoms with E-state index in [9.17, 15) is 22.4 Å². The number of carbonyl (C=O) groups is 1. The van der Waals surface area contributed by atoms with Crippen LogP contribution in [0.15, 0.2) is 48.5 Å². The van der Waals surface area contributed by atoms with Crippen molar-refractivity contribution in [1.82, 2.24) is 5.32 Å². The average Bonchev–Trinajstić information content (AvgIpc) is 2.53. The van der Waals surface area contributed by atoms with Crippen molar-refractivity contribution in [2.75, 3.05) is 6.61 Å². The molecule has 1 atom stereocenters. The highest BCUT2D eigenvalue weighted by Gasteiger charge is 2.30. The Balaban J connectivity index is 1.95. The van der Waals surface area contributed by atoms with Crippen LogP contribution in [0.5, 0.6) is 5.75 Å². The molecular weight excluding hydrogens is 326 g/mol. The van der Waals surface area contributed by atoms with Gasteiger partial charge in [-0.15, -0.1) is 0 Å². The first kappa shape index (κ1) is 17.8. The van der Waals surface area contributed by atoms with Crippen molar-refractivity contribution in [2.24, 2.45) is 0 Å². The quantitative estimate of drug-likeness (QED) is 0.832. The number of rotatable bonds is 5. The molecule has 1 amide bonds. The number of nitrogens with one attached hydrogen (secondary N) is 1. The van der Waals surface area contributed by atoms with Gasteiger partial charge in [0.15, 0.2) is 18.2 Å². The number of alkyl halides is 3. The Morgan fingerprint density at radius 3 is 2.54 bits per heavy atom. The third kappa shape index (κ3) is 4.71. The smallest absolute Gasteiger partial charge is 0.416 e. The van der Waals surface area contributed by atoms with E-state index in [-0.39, 0.29) is 5.75 Å². The van der Waals surface area contributed by atoms with Crippen molar-refractivity contribution in [1.29, 1.82) is 0 Å². The summed E-state index contributed by atoms with van der Waals surface area (Å²) < 4.78 is 56.5. The maximum absolute atomic E-state index is 13.4. The molecule has 0 bridgehead atoms. The number of amides is 1. The lowest BCUT2D eigenvalue weighted by atomic mass is 10.0. The molecule has 1 N–H and O–H groups in total. The van der Waals surface area contributed by atoms with E-state index in [1.54, 1.807) is 13.0 Å². The van der Waals surface area contributed by atoms with Crippen LogP contribution in [0, 0.1) is 5.82 Å². The van der Waals surface area contributed by atoms with Crippen LogP contribution < -0.4 is 10.1 Å². The third-order valence-electron chi connectivity index (χ3n) is 3.29. The fourth-order valence-corrected chi connectivity index (χ4v) is 2.06. The molecule has 0 saturated heterocycles. The molecule has 0 heterocycles. The van der Waals surface area contributed by atoms with Gasteiger partial charge in [-0.1, -0.05) is 24.3 Å². The summed E-state index contributed by atoms with van der Waals surface area (Å²) in [6.07, 6.45) is -4.45. The normalized spacial score (nSPS) is 12.5.